The predicted octanol–water partition coefficient (Wildman–Crippen LogP) is 4.05. The van der Waals surface area contributed by atoms with Gasteiger partial charge >= 0.3 is 0 Å². The third-order valence-corrected chi connectivity index (χ3v) is 5.52. The summed E-state index contributed by atoms with van der Waals surface area (Å²) >= 11 is 3.08. The summed E-state index contributed by atoms with van der Waals surface area (Å²) in [5, 5.41) is 1.38. The topological polar surface area (TPSA) is 44.1 Å². The van der Waals surface area contributed by atoms with Crippen LogP contribution >= 0.6 is 23.1 Å². The van der Waals surface area contributed by atoms with Gasteiger partial charge in [-0.15, -0.1) is 17.9 Å². The largest absolute Gasteiger partial charge is 0.384 e. The van der Waals surface area contributed by atoms with Crippen LogP contribution in [0.2, 0.25) is 0 Å². The van der Waals surface area contributed by atoms with Crippen LogP contribution < -0.4 is 5.56 Å². The van der Waals surface area contributed by atoms with Crippen molar-refractivity contribution < 1.29 is 4.74 Å². The van der Waals surface area contributed by atoms with E-state index >= 15 is 0 Å². The SMILES string of the molecule is C=CCn1c(SCCOC)nc2sc(-c3ccccc3)cc2c1=O. The number of rotatable bonds is 7. The first-order valence-electron chi connectivity index (χ1n) is 7.57. The lowest BCUT2D eigenvalue weighted by Crippen LogP contribution is -2.22. The fraction of sp³-hybridized carbons (Fsp3) is 0.222. The molecule has 2 aromatic heterocycles. The molecule has 0 aliphatic heterocycles. The fourth-order valence-corrected chi connectivity index (χ4v) is 4.35. The van der Waals surface area contributed by atoms with E-state index in [1.54, 1.807) is 29.1 Å². The molecular weight excluding hydrogens is 340 g/mol. The predicted molar refractivity (Wildman–Crippen MR) is 102 cm³/mol. The molecule has 0 bridgehead atoms. The lowest BCUT2D eigenvalue weighted by atomic mass is 10.2. The molecule has 3 aromatic rings. The van der Waals surface area contributed by atoms with Crippen molar-refractivity contribution in [1.29, 1.82) is 0 Å². The molecule has 0 saturated heterocycles. The number of methoxy groups -OCH3 is 1. The van der Waals surface area contributed by atoms with Crippen molar-refractivity contribution in [3.63, 3.8) is 0 Å². The Kier molecular flexibility index (Phi) is 5.50. The zero-order chi connectivity index (χ0) is 16.9. The Bertz CT molecular complexity index is 901. The summed E-state index contributed by atoms with van der Waals surface area (Å²) in [5.41, 5.74) is 1.09. The third kappa shape index (κ3) is 3.45. The highest BCUT2D eigenvalue weighted by molar-refractivity contribution is 7.99. The summed E-state index contributed by atoms with van der Waals surface area (Å²) in [6.45, 7) is 4.82. The molecule has 6 heteroatoms. The normalized spacial score (nSPS) is 11.0. The maximum Gasteiger partial charge on any atom is 0.263 e. The van der Waals surface area contributed by atoms with E-state index in [0.717, 1.165) is 21.0 Å². The van der Waals surface area contributed by atoms with Gasteiger partial charge in [0.2, 0.25) is 0 Å². The standard InChI is InChI=1S/C18H18N2O2S2/c1-3-9-20-17(21)14-12-15(13-7-5-4-6-8-13)24-16(14)19-18(20)23-11-10-22-2/h3-8,12H,1,9-11H2,2H3. The van der Waals surface area contributed by atoms with Gasteiger partial charge in [0.25, 0.3) is 5.56 Å². The molecule has 0 spiro atoms. The number of aromatic nitrogens is 2. The van der Waals surface area contributed by atoms with Gasteiger partial charge in [-0.1, -0.05) is 48.2 Å². The molecule has 0 radical (unpaired) electrons. The molecule has 1 aromatic carbocycles. The van der Waals surface area contributed by atoms with E-state index in [-0.39, 0.29) is 5.56 Å². The maximum absolute atomic E-state index is 12.9. The van der Waals surface area contributed by atoms with Crippen LogP contribution in [0.5, 0.6) is 0 Å². The van der Waals surface area contributed by atoms with Crippen LogP contribution in [-0.2, 0) is 11.3 Å². The number of thioether (sulfide) groups is 1. The summed E-state index contributed by atoms with van der Waals surface area (Å²) in [6, 6.07) is 12.0. The molecule has 0 unspecified atom stereocenters. The molecule has 2 heterocycles. The van der Waals surface area contributed by atoms with E-state index in [4.69, 9.17) is 9.72 Å². The third-order valence-electron chi connectivity index (χ3n) is 3.50. The second-order valence-corrected chi connectivity index (χ2v) is 7.23. The number of benzene rings is 1. The number of fused-ring (bicyclic) bond motifs is 1. The van der Waals surface area contributed by atoms with Crippen LogP contribution in [0.15, 0.2) is 59.0 Å². The Hall–Kier alpha value is -1.89. The monoisotopic (exact) mass is 358 g/mol. The number of thiophene rings is 1. The maximum atomic E-state index is 12.9. The molecule has 0 aliphatic rings. The molecule has 0 saturated carbocycles. The number of hydrogen-bond donors (Lipinski definition) is 0. The van der Waals surface area contributed by atoms with Crippen molar-refractivity contribution in [2.24, 2.45) is 0 Å². The highest BCUT2D eigenvalue weighted by Gasteiger charge is 2.14. The fourth-order valence-electron chi connectivity index (χ4n) is 2.36. The quantitative estimate of drug-likeness (QED) is 0.277. The molecule has 3 rings (SSSR count). The second kappa shape index (κ2) is 7.79. The van der Waals surface area contributed by atoms with Crippen molar-refractivity contribution in [3.8, 4) is 10.4 Å². The molecule has 0 amide bonds. The highest BCUT2D eigenvalue weighted by Crippen LogP contribution is 2.32. The average molecular weight is 358 g/mol. The van der Waals surface area contributed by atoms with Crippen molar-refractivity contribution in [1.82, 2.24) is 9.55 Å². The zero-order valence-corrected chi connectivity index (χ0v) is 15.0. The van der Waals surface area contributed by atoms with Crippen molar-refractivity contribution in [3.05, 3.63) is 59.4 Å². The minimum absolute atomic E-state index is 0.0155. The Morgan fingerprint density at radius 1 is 1.38 bits per heavy atom. The van der Waals surface area contributed by atoms with Gasteiger partial charge in [-0.05, 0) is 11.6 Å². The highest BCUT2D eigenvalue weighted by atomic mass is 32.2. The average Bonchev–Trinajstić information content (AvgIpc) is 3.03. The number of nitrogens with zero attached hydrogens (tertiary/aromatic N) is 2. The molecule has 124 valence electrons. The summed E-state index contributed by atoms with van der Waals surface area (Å²) in [4.78, 5) is 19.4. The first-order chi connectivity index (χ1) is 11.7. The Balaban J connectivity index is 2.09. The van der Waals surface area contributed by atoms with Gasteiger partial charge in [0.1, 0.15) is 4.83 Å². The molecule has 24 heavy (non-hydrogen) atoms. The molecular formula is C18H18N2O2S2. The van der Waals surface area contributed by atoms with E-state index < -0.39 is 0 Å². The van der Waals surface area contributed by atoms with Crippen molar-refractivity contribution in [2.75, 3.05) is 19.5 Å². The van der Waals surface area contributed by atoms with E-state index in [1.807, 2.05) is 36.4 Å². The minimum atomic E-state index is -0.0155. The molecule has 0 atom stereocenters. The van der Waals surface area contributed by atoms with Crippen LogP contribution in [-0.4, -0.2) is 29.0 Å². The molecule has 4 nitrogen and oxygen atoms in total. The van der Waals surface area contributed by atoms with Crippen LogP contribution in [0.3, 0.4) is 0 Å². The van der Waals surface area contributed by atoms with Crippen LogP contribution in [0.1, 0.15) is 0 Å². The summed E-state index contributed by atoms with van der Waals surface area (Å²) in [6.07, 6.45) is 1.72. The van der Waals surface area contributed by atoms with Gasteiger partial charge in [-0.25, -0.2) is 4.98 Å². The van der Waals surface area contributed by atoms with Crippen LogP contribution in [0.4, 0.5) is 0 Å². The first kappa shape index (κ1) is 17.0. The lowest BCUT2D eigenvalue weighted by molar-refractivity contribution is 0.218. The number of allylic oxidation sites excluding steroid dienone is 1. The van der Waals surface area contributed by atoms with Gasteiger partial charge in [0.05, 0.1) is 12.0 Å². The zero-order valence-electron chi connectivity index (χ0n) is 13.4. The first-order valence-corrected chi connectivity index (χ1v) is 9.37. The van der Waals surface area contributed by atoms with E-state index in [2.05, 4.69) is 6.58 Å². The molecule has 0 fully saturated rings. The van der Waals surface area contributed by atoms with E-state index in [9.17, 15) is 4.79 Å². The minimum Gasteiger partial charge on any atom is -0.384 e. The van der Waals surface area contributed by atoms with Crippen molar-refractivity contribution >= 4 is 33.3 Å². The van der Waals surface area contributed by atoms with E-state index in [1.165, 1.54) is 11.8 Å². The van der Waals surface area contributed by atoms with Crippen LogP contribution in [0.25, 0.3) is 20.7 Å². The smallest absolute Gasteiger partial charge is 0.263 e. The summed E-state index contributed by atoms with van der Waals surface area (Å²) in [5.74, 6) is 0.752. The van der Waals surface area contributed by atoms with Gasteiger partial charge in [-0.2, -0.15) is 0 Å². The number of hydrogen-bond acceptors (Lipinski definition) is 5. The van der Waals surface area contributed by atoms with Gasteiger partial charge < -0.3 is 4.74 Å². The number of ether oxygens (including phenoxy) is 1. The van der Waals surface area contributed by atoms with Crippen molar-refractivity contribution in [2.45, 2.75) is 11.7 Å². The summed E-state index contributed by atoms with van der Waals surface area (Å²) < 4.78 is 6.77. The Labute approximate surface area is 148 Å². The van der Waals surface area contributed by atoms with Crippen LogP contribution in [0, 0.1) is 0 Å². The van der Waals surface area contributed by atoms with E-state index in [0.29, 0.717) is 23.7 Å². The van der Waals surface area contributed by atoms with Gasteiger partial charge in [0.15, 0.2) is 5.16 Å². The Morgan fingerprint density at radius 3 is 2.88 bits per heavy atom. The molecule has 0 aliphatic carbocycles. The molecule has 0 N–H and O–H groups in total. The van der Waals surface area contributed by atoms with Gasteiger partial charge in [0, 0.05) is 24.3 Å². The lowest BCUT2D eigenvalue weighted by Gasteiger charge is -2.09. The summed E-state index contributed by atoms with van der Waals surface area (Å²) in [7, 11) is 1.67. The Morgan fingerprint density at radius 2 is 2.17 bits per heavy atom. The van der Waals surface area contributed by atoms with Gasteiger partial charge in [-0.3, -0.25) is 9.36 Å². The second-order valence-electron chi connectivity index (χ2n) is 5.14.